The van der Waals surface area contributed by atoms with Crippen LogP contribution in [0.1, 0.15) is 174 Å². The maximum atomic E-state index is 12.5. The van der Waals surface area contributed by atoms with Crippen LogP contribution in [0.3, 0.4) is 0 Å². The van der Waals surface area contributed by atoms with Crippen molar-refractivity contribution in [3.63, 3.8) is 0 Å². The van der Waals surface area contributed by atoms with Crippen molar-refractivity contribution in [2.24, 2.45) is 0 Å². The maximum Gasteiger partial charge on any atom is 0.306 e. The zero-order valence-electron chi connectivity index (χ0n) is 30.2. The predicted octanol–water partition coefficient (Wildman–Crippen LogP) is 11.6. The van der Waals surface area contributed by atoms with E-state index in [9.17, 15) is 14.4 Å². The fourth-order valence-corrected chi connectivity index (χ4v) is 5.13. The van der Waals surface area contributed by atoms with Crippen LogP contribution in [-0.2, 0) is 28.6 Å². The van der Waals surface area contributed by atoms with Gasteiger partial charge in [0.2, 0.25) is 0 Å². The van der Waals surface area contributed by atoms with E-state index >= 15 is 0 Å². The van der Waals surface area contributed by atoms with E-state index in [1.165, 1.54) is 25.7 Å². The van der Waals surface area contributed by atoms with Gasteiger partial charge in [-0.05, 0) is 77.0 Å². The molecule has 0 fully saturated rings. The van der Waals surface area contributed by atoms with Gasteiger partial charge in [0, 0.05) is 19.3 Å². The van der Waals surface area contributed by atoms with Gasteiger partial charge in [-0.3, -0.25) is 14.4 Å². The molecule has 0 aliphatic carbocycles. The van der Waals surface area contributed by atoms with E-state index in [2.05, 4.69) is 44.4 Å². The number of esters is 3. The van der Waals surface area contributed by atoms with E-state index < -0.39 is 6.10 Å². The van der Waals surface area contributed by atoms with Gasteiger partial charge in [-0.15, -0.1) is 13.2 Å². The van der Waals surface area contributed by atoms with Gasteiger partial charge < -0.3 is 14.2 Å². The first-order valence-corrected chi connectivity index (χ1v) is 19.1. The standard InChI is InChI=1S/C41H70O6/c1-4-7-10-13-16-17-18-19-20-21-22-23-26-28-31-34-40(43)46-37-38(47-41(44)35-32-29-25-15-12-9-6-3)36-45-39(42)33-30-27-24-14-11-8-5-2/h5-6,16-17,19-20,38H,2-4,7-15,18,21-37H2,1H3. The first-order valence-electron chi connectivity index (χ1n) is 19.1. The fraction of sp³-hybridized carbons (Fsp3) is 0.732. The van der Waals surface area contributed by atoms with Gasteiger partial charge in [-0.2, -0.15) is 0 Å². The lowest BCUT2D eigenvalue weighted by Crippen LogP contribution is -2.30. The summed E-state index contributed by atoms with van der Waals surface area (Å²) in [5.41, 5.74) is 0. The summed E-state index contributed by atoms with van der Waals surface area (Å²) >= 11 is 0. The third-order valence-corrected chi connectivity index (χ3v) is 8.07. The second kappa shape index (κ2) is 36.2. The molecule has 0 aromatic carbocycles. The van der Waals surface area contributed by atoms with Crippen LogP contribution >= 0.6 is 0 Å². The van der Waals surface area contributed by atoms with Crippen LogP contribution < -0.4 is 0 Å². The summed E-state index contributed by atoms with van der Waals surface area (Å²) in [7, 11) is 0. The molecule has 0 aromatic heterocycles. The molecular weight excluding hydrogens is 588 g/mol. The van der Waals surface area contributed by atoms with Crippen LogP contribution in [0, 0.1) is 0 Å². The molecule has 6 heteroatoms. The number of unbranched alkanes of at least 4 members (excludes halogenated alkanes) is 18. The van der Waals surface area contributed by atoms with Crippen LogP contribution in [0.15, 0.2) is 49.6 Å². The van der Waals surface area contributed by atoms with Crippen LogP contribution in [0.25, 0.3) is 0 Å². The molecule has 1 atom stereocenters. The molecule has 0 aliphatic rings. The van der Waals surface area contributed by atoms with Gasteiger partial charge in [0.1, 0.15) is 13.2 Å². The minimum absolute atomic E-state index is 0.0943. The molecule has 6 nitrogen and oxygen atoms in total. The van der Waals surface area contributed by atoms with Crippen molar-refractivity contribution in [3.05, 3.63) is 49.6 Å². The van der Waals surface area contributed by atoms with E-state index in [-0.39, 0.29) is 31.1 Å². The highest BCUT2D eigenvalue weighted by Crippen LogP contribution is 2.12. The Morgan fingerprint density at radius 3 is 1.32 bits per heavy atom. The summed E-state index contributed by atoms with van der Waals surface area (Å²) in [5.74, 6) is -0.964. The lowest BCUT2D eigenvalue weighted by atomic mass is 10.1. The quantitative estimate of drug-likeness (QED) is 0.0292. The molecule has 0 aliphatic heterocycles. The monoisotopic (exact) mass is 659 g/mol. The summed E-state index contributed by atoms with van der Waals surface area (Å²) in [4.78, 5) is 37.2. The Kier molecular flexibility index (Phi) is 34.2. The van der Waals surface area contributed by atoms with E-state index in [1.807, 2.05) is 12.2 Å². The van der Waals surface area contributed by atoms with E-state index in [1.54, 1.807) is 0 Å². The van der Waals surface area contributed by atoms with Crippen LogP contribution in [0.2, 0.25) is 0 Å². The second-order valence-corrected chi connectivity index (χ2v) is 12.6. The third kappa shape index (κ3) is 34.5. The zero-order valence-corrected chi connectivity index (χ0v) is 30.2. The lowest BCUT2D eigenvalue weighted by Gasteiger charge is -2.18. The van der Waals surface area contributed by atoms with E-state index in [4.69, 9.17) is 14.2 Å². The Morgan fingerprint density at radius 1 is 0.489 bits per heavy atom. The van der Waals surface area contributed by atoms with Crippen molar-refractivity contribution < 1.29 is 28.6 Å². The molecule has 0 spiro atoms. The Bertz CT molecular complexity index is 830. The van der Waals surface area contributed by atoms with Crippen molar-refractivity contribution in [2.45, 2.75) is 180 Å². The average Bonchev–Trinajstić information content (AvgIpc) is 3.06. The Balaban J connectivity index is 4.29. The highest BCUT2D eigenvalue weighted by molar-refractivity contribution is 5.71. The number of ether oxygens (including phenoxy) is 3. The van der Waals surface area contributed by atoms with Crippen LogP contribution in [0.4, 0.5) is 0 Å². The molecule has 0 bridgehead atoms. The average molecular weight is 659 g/mol. The first kappa shape index (κ1) is 44.4. The number of carbonyl (C=O) groups is 3. The Hall–Kier alpha value is -2.63. The summed E-state index contributed by atoms with van der Waals surface area (Å²) in [6.07, 6.45) is 37.6. The normalized spacial score (nSPS) is 11.9. The highest BCUT2D eigenvalue weighted by atomic mass is 16.6. The van der Waals surface area contributed by atoms with Gasteiger partial charge in [0.15, 0.2) is 6.10 Å². The predicted molar refractivity (Wildman–Crippen MR) is 196 cm³/mol. The molecule has 47 heavy (non-hydrogen) atoms. The zero-order chi connectivity index (χ0) is 34.5. The molecule has 0 amide bonds. The lowest BCUT2D eigenvalue weighted by molar-refractivity contribution is -0.167. The first-order chi connectivity index (χ1) is 23.0. The molecule has 0 saturated carbocycles. The highest BCUT2D eigenvalue weighted by Gasteiger charge is 2.19. The van der Waals surface area contributed by atoms with E-state index in [0.717, 1.165) is 122 Å². The summed E-state index contributed by atoms with van der Waals surface area (Å²) in [6.45, 7) is 9.53. The molecular formula is C41H70O6. The van der Waals surface area contributed by atoms with Crippen molar-refractivity contribution >= 4 is 17.9 Å². The van der Waals surface area contributed by atoms with Crippen molar-refractivity contribution in [1.82, 2.24) is 0 Å². The van der Waals surface area contributed by atoms with Crippen LogP contribution in [0.5, 0.6) is 0 Å². The minimum Gasteiger partial charge on any atom is -0.462 e. The second-order valence-electron chi connectivity index (χ2n) is 12.6. The smallest absolute Gasteiger partial charge is 0.306 e. The molecule has 1 unspecified atom stereocenters. The SMILES string of the molecule is C=CCCCCCCCC(=O)OCC(COC(=O)CCCCCCCC=CCC=CCCCCC)OC(=O)CCCCCCCC=C. The topological polar surface area (TPSA) is 78.9 Å². The number of carbonyl (C=O) groups excluding carboxylic acids is 3. The van der Waals surface area contributed by atoms with E-state index in [0.29, 0.717) is 19.3 Å². The molecule has 270 valence electrons. The Morgan fingerprint density at radius 2 is 0.872 bits per heavy atom. The molecule has 0 aromatic rings. The maximum absolute atomic E-state index is 12.5. The number of allylic oxidation sites excluding steroid dienone is 6. The van der Waals surface area contributed by atoms with Crippen LogP contribution in [-0.4, -0.2) is 37.2 Å². The minimum atomic E-state index is -0.786. The Labute approximate surface area is 288 Å². The summed E-state index contributed by atoms with van der Waals surface area (Å²) in [5, 5.41) is 0. The van der Waals surface area contributed by atoms with Gasteiger partial charge in [0.25, 0.3) is 0 Å². The van der Waals surface area contributed by atoms with Crippen molar-refractivity contribution in [3.8, 4) is 0 Å². The molecule has 0 N–H and O–H groups in total. The van der Waals surface area contributed by atoms with Crippen molar-refractivity contribution in [2.75, 3.05) is 13.2 Å². The third-order valence-electron chi connectivity index (χ3n) is 8.07. The molecule has 0 saturated heterocycles. The summed E-state index contributed by atoms with van der Waals surface area (Å²) in [6, 6.07) is 0. The van der Waals surface area contributed by atoms with Gasteiger partial charge in [0.05, 0.1) is 0 Å². The summed E-state index contributed by atoms with van der Waals surface area (Å²) < 4.78 is 16.4. The van der Waals surface area contributed by atoms with Gasteiger partial charge in [-0.25, -0.2) is 0 Å². The number of hydrogen-bond acceptors (Lipinski definition) is 6. The molecule has 0 heterocycles. The largest absolute Gasteiger partial charge is 0.462 e. The molecule has 0 radical (unpaired) electrons. The number of hydrogen-bond donors (Lipinski definition) is 0. The molecule has 0 rings (SSSR count). The number of rotatable bonds is 35. The van der Waals surface area contributed by atoms with Crippen molar-refractivity contribution in [1.29, 1.82) is 0 Å². The fourth-order valence-electron chi connectivity index (χ4n) is 5.13. The van der Waals surface area contributed by atoms with Gasteiger partial charge >= 0.3 is 17.9 Å². The van der Waals surface area contributed by atoms with Gasteiger partial charge in [-0.1, -0.05) is 114 Å².